The van der Waals surface area contributed by atoms with E-state index in [-0.39, 0.29) is 5.97 Å². The molecule has 0 saturated carbocycles. The van der Waals surface area contributed by atoms with Gasteiger partial charge in [-0.1, -0.05) is 45.8 Å². The zero-order chi connectivity index (χ0) is 14.5. The molecule has 0 atom stereocenters. The van der Waals surface area contributed by atoms with E-state index in [2.05, 4.69) is 21.2 Å². The molecule has 0 radical (unpaired) electrons. The first-order chi connectivity index (χ1) is 9.61. The average Bonchev–Trinajstić information content (AvgIpc) is 2.46. The fourth-order valence-electron chi connectivity index (χ4n) is 1.92. The minimum atomic E-state index is -0.330. The van der Waals surface area contributed by atoms with Gasteiger partial charge in [-0.3, -0.25) is 0 Å². The number of carbonyl (C=O) groups excluding carboxylic acids is 1. The highest BCUT2D eigenvalue weighted by atomic mass is 79.9. The van der Waals surface area contributed by atoms with Crippen molar-refractivity contribution in [2.75, 3.05) is 12.4 Å². The summed E-state index contributed by atoms with van der Waals surface area (Å²) >= 11 is 3.51. The third-order valence-electron chi connectivity index (χ3n) is 3.01. The Kier molecular flexibility index (Phi) is 4.79. The van der Waals surface area contributed by atoms with Gasteiger partial charge in [0.15, 0.2) is 0 Å². The number of hydrogen-bond acceptors (Lipinski definition) is 3. The highest BCUT2D eigenvalue weighted by molar-refractivity contribution is 9.10. The molecule has 0 saturated heterocycles. The third-order valence-corrected chi connectivity index (χ3v) is 3.78. The van der Waals surface area contributed by atoms with Crippen LogP contribution in [0.5, 0.6) is 0 Å². The maximum absolute atomic E-state index is 11.8. The lowest BCUT2D eigenvalue weighted by Crippen LogP contribution is -2.08. The average molecular weight is 334 g/mol. The highest BCUT2D eigenvalue weighted by Crippen LogP contribution is 2.21. The van der Waals surface area contributed by atoms with Crippen molar-refractivity contribution in [1.82, 2.24) is 0 Å². The SMILES string of the molecule is COC(=O)c1cc(C)ccc1NCc1ccccc1Br. The van der Waals surface area contributed by atoms with Gasteiger partial charge in [0.25, 0.3) is 0 Å². The first-order valence-electron chi connectivity index (χ1n) is 6.28. The molecule has 0 amide bonds. The van der Waals surface area contributed by atoms with Crippen LogP contribution in [0.15, 0.2) is 46.9 Å². The third kappa shape index (κ3) is 3.39. The van der Waals surface area contributed by atoms with Gasteiger partial charge in [-0.25, -0.2) is 4.79 Å². The molecule has 0 aromatic heterocycles. The van der Waals surface area contributed by atoms with Crippen molar-refractivity contribution in [3.8, 4) is 0 Å². The molecule has 0 heterocycles. The summed E-state index contributed by atoms with van der Waals surface area (Å²) in [5, 5.41) is 3.28. The van der Waals surface area contributed by atoms with Crippen molar-refractivity contribution in [2.45, 2.75) is 13.5 Å². The predicted octanol–water partition coefficient (Wildman–Crippen LogP) is 4.16. The molecule has 0 aliphatic rings. The van der Waals surface area contributed by atoms with Crippen molar-refractivity contribution in [2.24, 2.45) is 0 Å². The molecule has 3 nitrogen and oxygen atoms in total. The second-order valence-electron chi connectivity index (χ2n) is 4.49. The molecule has 4 heteroatoms. The van der Waals surface area contributed by atoms with Gasteiger partial charge in [0.05, 0.1) is 12.7 Å². The van der Waals surface area contributed by atoms with Gasteiger partial charge in [-0.05, 0) is 30.7 Å². The number of carbonyl (C=O) groups is 1. The van der Waals surface area contributed by atoms with Gasteiger partial charge in [-0.2, -0.15) is 0 Å². The number of anilines is 1. The predicted molar refractivity (Wildman–Crippen MR) is 84.0 cm³/mol. The minimum Gasteiger partial charge on any atom is -0.465 e. The number of hydrogen-bond donors (Lipinski definition) is 1. The number of esters is 1. The number of rotatable bonds is 4. The highest BCUT2D eigenvalue weighted by Gasteiger charge is 2.12. The maximum Gasteiger partial charge on any atom is 0.339 e. The van der Waals surface area contributed by atoms with Crippen molar-refractivity contribution < 1.29 is 9.53 Å². The number of halogens is 1. The second kappa shape index (κ2) is 6.57. The summed E-state index contributed by atoms with van der Waals surface area (Å²) in [5.74, 6) is -0.330. The second-order valence-corrected chi connectivity index (χ2v) is 5.34. The molecular weight excluding hydrogens is 318 g/mol. The van der Waals surface area contributed by atoms with Gasteiger partial charge in [0.1, 0.15) is 0 Å². The molecule has 104 valence electrons. The topological polar surface area (TPSA) is 38.3 Å². The van der Waals surface area contributed by atoms with Crippen LogP contribution >= 0.6 is 15.9 Å². The number of aryl methyl sites for hydroxylation is 1. The van der Waals surface area contributed by atoms with E-state index in [9.17, 15) is 4.79 Å². The van der Waals surface area contributed by atoms with E-state index < -0.39 is 0 Å². The van der Waals surface area contributed by atoms with E-state index in [1.54, 1.807) is 0 Å². The Balaban J connectivity index is 2.21. The standard InChI is InChI=1S/C16H16BrNO2/c1-11-7-8-15(13(9-11)16(19)20-2)18-10-12-5-3-4-6-14(12)17/h3-9,18H,10H2,1-2H3. The summed E-state index contributed by atoms with van der Waals surface area (Å²) in [5.41, 5.74) is 3.48. The summed E-state index contributed by atoms with van der Waals surface area (Å²) < 4.78 is 5.86. The molecule has 0 aliphatic carbocycles. The minimum absolute atomic E-state index is 0.330. The quantitative estimate of drug-likeness (QED) is 0.854. The smallest absolute Gasteiger partial charge is 0.339 e. The van der Waals surface area contributed by atoms with Gasteiger partial charge >= 0.3 is 5.97 Å². The molecule has 2 aromatic rings. The zero-order valence-corrected chi connectivity index (χ0v) is 13.0. The molecule has 0 spiro atoms. The lowest BCUT2D eigenvalue weighted by atomic mass is 10.1. The lowest BCUT2D eigenvalue weighted by Gasteiger charge is -2.12. The normalized spacial score (nSPS) is 10.2. The van der Waals surface area contributed by atoms with Gasteiger partial charge in [0, 0.05) is 16.7 Å². The molecule has 1 N–H and O–H groups in total. The molecule has 2 aromatic carbocycles. The van der Waals surface area contributed by atoms with Gasteiger partial charge < -0.3 is 10.1 Å². The van der Waals surface area contributed by atoms with Crippen LogP contribution in [0.25, 0.3) is 0 Å². The first kappa shape index (κ1) is 14.6. The Morgan fingerprint density at radius 3 is 2.70 bits per heavy atom. The Hall–Kier alpha value is -1.81. The largest absolute Gasteiger partial charge is 0.465 e. The maximum atomic E-state index is 11.8. The van der Waals surface area contributed by atoms with Gasteiger partial charge in [0.2, 0.25) is 0 Å². The fourth-order valence-corrected chi connectivity index (χ4v) is 2.35. The zero-order valence-electron chi connectivity index (χ0n) is 11.4. The van der Waals surface area contributed by atoms with Crippen molar-refractivity contribution >= 4 is 27.6 Å². The van der Waals surface area contributed by atoms with Crippen LogP contribution in [-0.4, -0.2) is 13.1 Å². The van der Waals surface area contributed by atoms with Crippen LogP contribution in [0.2, 0.25) is 0 Å². The van der Waals surface area contributed by atoms with E-state index in [1.807, 2.05) is 49.4 Å². The number of methoxy groups -OCH3 is 1. The summed E-state index contributed by atoms with van der Waals surface area (Å²) in [7, 11) is 1.39. The van der Waals surface area contributed by atoms with Crippen LogP contribution in [0.4, 0.5) is 5.69 Å². The van der Waals surface area contributed by atoms with Crippen LogP contribution in [0, 0.1) is 6.92 Å². The van der Waals surface area contributed by atoms with E-state index >= 15 is 0 Å². The summed E-state index contributed by atoms with van der Waals surface area (Å²) in [4.78, 5) is 11.8. The van der Waals surface area contributed by atoms with E-state index in [1.165, 1.54) is 7.11 Å². The fraction of sp³-hybridized carbons (Fsp3) is 0.188. The number of nitrogens with one attached hydrogen (secondary N) is 1. The van der Waals surface area contributed by atoms with Crippen LogP contribution in [-0.2, 0) is 11.3 Å². The molecular formula is C16H16BrNO2. The molecule has 0 unspecified atom stereocenters. The summed E-state index contributed by atoms with van der Waals surface area (Å²) in [6.07, 6.45) is 0. The van der Waals surface area contributed by atoms with Crippen LogP contribution in [0.1, 0.15) is 21.5 Å². The van der Waals surface area contributed by atoms with Crippen LogP contribution in [0.3, 0.4) is 0 Å². The lowest BCUT2D eigenvalue weighted by molar-refractivity contribution is 0.0601. The number of ether oxygens (including phenoxy) is 1. The Labute approximate surface area is 127 Å². The Morgan fingerprint density at radius 2 is 2.00 bits per heavy atom. The van der Waals surface area contributed by atoms with E-state index in [4.69, 9.17) is 4.74 Å². The molecule has 0 bridgehead atoms. The number of benzene rings is 2. The van der Waals surface area contributed by atoms with Crippen LogP contribution < -0.4 is 5.32 Å². The summed E-state index contributed by atoms with van der Waals surface area (Å²) in [6, 6.07) is 13.7. The van der Waals surface area contributed by atoms with E-state index in [0.29, 0.717) is 12.1 Å². The monoisotopic (exact) mass is 333 g/mol. The molecule has 20 heavy (non-hydrogen) atoms. The van der Waals surface area contributed by atoms with Crippen molar-refractivity contribution in [3.05, 3.63) is 63.6 Å². The van der Waals surface area contributed by atoms with Crippen molar-refractivity contribution in [1.29, 1.82) is 0 Å². The molecule has 0 fully saturated rings. The van der Waals surface area contributed by atoms with E-state index in [0.717, 1.165) is 21.3 Å². The Morgan fingerprint density at radius 1 is 1.25 bits per heavy atom. The summed E-state index contributed by atoms with van der Waals surface area (Å²) in [6.45, 7) is 2.58. The molecule has 2 rings (SSSR count). The first-order valence-corrected chi connectivity index (χ1v) is 7.07. The Bertz CT molecular complexity index is 626. The van der Waals surface area contributed by atoms with Crippen molar-refractivity contribution in [3.63, 3.8) is 0 Å². The molecule has 0 aliphatic heterocycles. The van der Waals surface area contributed by atoms with Gasteiger partial charge in [-0.15, -0.1) is 0 Å².